The Labute approximate surface area is 290 Å². The van der Waals surface area contributed by atoms with Gasteiger partial charge in [-0.25, -0.2) is 9.67 Å². The minimum absolute atomic E-state index is 0.132. The van der Waals surface area contributed by atoms with Gasteiger partial charge in [0.1, 0.15) is 42.6 Å². The van der Waals surface area contributed by atoms with Crippen molar-refractivity contribution < 1.29 is 28.7 Å². The first kappa shape index (κ1) is 34.2. The summed E-state index contributed by atoms with van der Waals surface area (Å²) in [4.78, 5) is 58.9. The molecule has 7 rings (SSSR count). The van der Waals surface area contributed by atoms with Crippen LogP contribution in [0.1, 0.15) is 54.1 Å². The maximum atomic E-state index is 14.0. The van der Waals surface area contributed by atoms with Gasteiger partial charge in [-0.1, -0.05) is 56.3 Å². The van der Waals surface area contributed by atoms with Crippen molar-refractivity contribution in [2.75, 3.05) is 19.8 Å². The normalized spacial score (nSPS) is 20.0. The summed E-state index contributed by atoms with van der Waals surface area (Å²) in [6.07, 6.45) is 0.866. The Morgan fingerprint density at radius 3 is 2.48 bits per heavy atom. The fourth-order valence-corrected chi connectivity index (χ4v) is 5.94. The summed E-state index contributed by atoms with van der Waals surface area (Å²) < 4.78 is 12.9. The number of aromatic nitrogens is 3. The lowest BCUT2D eigenvalue weighted by atomic mass is 10.00. The van der Waals surface area contributed by atoms with Gasteiger partial charge in [0.2, 0.25) is 17.7 Å². The minimum Gasteiger partial charge on any atom is -0.493 e. The van der Waals surface area contributed by atoms with Crippen molar-refractivity contribution in [1.82, 2.24) is 36.0 Å². The topological polar surface area (TPSA) is 166 Å². The summed E-state index contributed by atoms with van der Waals surface area (Å²) in [6.45, 7) is 6.30. The Bertz CT molecular complexity index is 1860. The van der Waals surface area contributed by atoms with Gasteiger partial charge in [-0.3, -0.25) is 19.2 Å². The molecule has 0 spiro atoms. The summed E-state index contributed by atoms with van der Waals surface area (Å²) >= 11 is 0. The van der Waals surface area contributed by atoms with Gasteiger partial charge in [0.25, 0.3) is 5.91 Å². The van der Waals surface area contributed by atoms with Gasteiger partial charge in [-0.2, -0.15) is 5.10 Å². The Hall–Kier alpha value is -5.72. The van der Waals surface area contributed by atoms with Crippen LogP contribution in [0.15, 0.2) is 72.8 Å². The fourth-order valence-electron chi connectivity index (χ4n) is 5.94. The van der Waals surface area contributed by atoms with E-state index in [1.807, 2.05) is 56.3 Å². The van der Waals surface area contributed by atoms with Crippen molar-refractivity contribution in [2.45, 2.75) is 58.3 Å². The highest BCUT2D eigenvalue weighted by atomic mass is 16.5. The Kier molecular flexibility index (Phi) is 10.4. The van der Waals surface area contributed by atoms with E-state index in [0.29, 0.717) is 36.0 Å². The lowest BCUT2D eigenvalue weighted by Crippen LogP contribution is -2.56. The Morgan fingerprint density at radius 2 is 1.72 bits per heavy atom. The van der Waals surface area contributed by atoms with E-state index in [1.54, 1.807) is 37.3 Å². The molecular weight excluding hydrogens is 638 g/mol. The van der Waals surface area contributed by atoms with Gasteiger partial charge in [0.15, 0.2) is 5.82 Å². The molecule has 0 aliphatic carbocycles. The Balaban J connectivity index is 1.28. The second-order valence-electron chi connectivity index (χ2n) is 12.8. The Morgan fingerprint density at radius 1 is 0.940 bits per heavy atom. The zero-order valence-electron chi connectivity index (χ0n) is 28.3. The summed E-state index contributed by atoms with van der Waals surface area (Å²) in [7, 11) is 0. The van der Waals surface area contributed by atoms with Crippen molar-refractivity contribution in [3.05, 3.63) is 95.3 Å². The molecule has 3 aliphatic heterocycles. The second-order valence-corrected chi connectivity index (χ2v) is 12.8. The molecule has 3 aliphatic rings. The number of amides is 4. The lowest BCUT2D eigenvalue weighted by molar-refractivity contribution is -0.131. The van der Waals surface area contributed by atoms with E-state index in [-0.39, 0.29) is 37.9 Å². The van der Waals surface area contributed by atoms with E-state index in [9.17, 15) is 19.2 Å². The number of rotatable bonds is 4. The third kappa shape index (κ3) is 8.11. The summed E-state index contributed by atoms with van der Waals surface area (Å²) in [5, 5.41) is 16.2. The average molecular weight is 680 g/mol. The highest BCUT2D eigenvalue weighted by molar-refractivity contribution is 5.99. The van der Waals surface area contributed by atoms with Crippen LogP contribution >= 0.6 is 0 Å². The summed E-state index contributed by atoms with van der Waals surface area (Å²) in [6, 6.07) is 19.1. The van der Waals surface area contributed by atoms with Crippen molar-refractivity contribution >= 4 is 23.6 Å². The highest BCUT2D eigenvalue weighted by Gasteiger charge is 2.31. The molecule has 3 atom stereocenters. The molecular formula is C37H41N7O6. The number of nitrogens with one attached hydrogen (secondary N) is 4. The SMILES string of the molecule is CC(C)[C@H]1NC(=O)[C@@H](NC(=O)c2ccc3c(c2)CCO3)Cc2ccc(cc2)OCCNC(=O)Cn2nc(-c3ccccc3)nc2[C@H](C)NC1=O. The van der Waals surface area contributed by atoms with E-state index >= 15 is 0 Å². The first-order valence-electron chi connectivity index (χ1n) is 16.8. The molecule has 50 heavy (non-hydrogen) atoms. The van der Waals surface area contributed by atoms with E-state index in [2.05, 4.69) is 26.4 Å². The first-order chi connectivity index (χ1) is 24.1. The second kappa shape index (κ2) is 15.2. The van der Waals surface area contributed by atoms with Crippen LogP contribution in [0.25, 0.3) is 11.4 Å². The molecule has 13 nitrogen and oxygen atoms in total. The standard InChI is InChI=1S/C37H41N7O6/c1-22(2)32-37(48)39-23(3)34-42-33(25-7-5-4-6-8-25)43-44(34)21-31(45)38-16-18-49-28-12-9-24(10-13-28)19-29(36(47)41-32)40-35(46)27-11-14-30-26(20-27)15-17-50-30/h4-14,20,22-23,29,32H,15-19,21H2,1-3H3,(H,38,45)(H,39,48)(H,40,46)(H,41,47)/t23-,29-,32+/m0/s1. The number of hydrogen-bond acceptors (Lipinski definition) is 8. The number of fused-ring (bicyclic) bond motifs is 15. The van der Waals surface area contributed by atoms with Crippen LogP contribution in [-0.4, -0.2) is 70.2 Å². The number of nitrogens with zero attached hydrogens (tertiary/aromatic N) is 3. The van der Waals surface area contributed by atoms with Crippen LogP contribution in [-0.2, 0) is 33.8 Å². The predicted octanol–water partition coefficient (Wildman–Crippen LogP) is 2.75. The number of carbonyl (C=O) groups is 4. The minimum atomic E-state index is -0.998. The molecule has 4 aromatic rings. The molecule has 0 radical (unpaired) electrons. The lowest BCUT2D eigenvalue weighted by Gasteiger charge is -2.27. The molecule has 1 aromatic heterocycles. The molecule has 4 amide bonds. The van der Waals surface area contributed by atoms with Crippen molar-refractivity contribution in [3.63, 3.8) is 0 Å². The van der Waals surface area contributed by atoms with Crippen molar-refractivity contribution in [3.8, 4) is 22.9 Å². The molecule has 0 saturated carbocycles. The first-order valence-corrected chi connectivity index (χ1v) is 16.8. The zero-order chi connectivity index (χ0) is 35.2. The fraction of sp³-hybridized carbons (Fsp3) is 0.351. The predicted molar refractivity (Wildman–Crippen MR) is 184 cm³/mol. The van der Waals surface area contributed by atoms with E-state index in [1.165, 1.54) is 4.68 Å². The highest BCUT2D eigenvalue weighted by Crippen LogP contribution is 2.26. The number of carbonyl (C=O) groups excluding carboxylic acids is 4. The van der Waals surface area contributed by atoms with Gasteiger partial charge in [-0.15, -0.1) is 0 Å². The van der Waals surface area contributed by atoms with Crippen LogP contribution < -0.4 is 30.7 Å². The molecule has 0 saturated heterocycles. The number of benzene rings is 3. The molecule has 0 fully saturated rings. The van der Waals surface area contributed by atoms with Gasteiger partial charge >= 0.3 is 0 Å². The molecule has 13 heteroatoms. The largest absolute Gasteiger partial charge is 0.493 e. The number of hydrogen-bond donors (Lipinski definition) is 4. The smallest absolute Gasteiger partial charge is 0.251 e. The van der Waals surface area contributed by atoms with Crippen LogP contribution in [0, 0.1) is 5.92 Å². The van der Waals surface area contributed by atoms with Gasteiger partial charge in [0.05, 0.1) is 19.2 Å². The van der Waals surface area contributed by atoms with Crippen LogP contribution in [0.2, 0.25) is 0 Å². The third-order valence-electron chi connectivity index (χ3n) is 8.65. The quantitative estimate of drug-likeness (QED) is 0.256. The van der Waals surface area contributed by atoms with Crippen LogP contribution in [0.4, 0.5) is 0 Å². The molecule has 2 bridgehead atoms. The van der Waals surface area contributed by atoms with Crippen molar-refractivity contribution in [1.29, 1.82) is 0 Å². The maximum absolute atomic E-state index is 14.0. The maximum Gasteiger partial charge on any atom is 0.251 e. The average Bonchev–Trinajstić information content (AvgIpc) is 3.76. The van der Waals surface area contributed by atoms with Gasteiger partial charge in [-0.05, 0) is 54.3 Å². The van der Waals surface area contributed by atoms with E-state index in [4.69, 9.17) is 14.5 Å². The molecule has 260 valence electrons. The van der Waals surface area contributed by atoms with E-state index < -0.39 is 35.8 Å². The van der Waals surface area contributed by atoms with Gasteiger partial charge in [0, 0.05) is 24.0 Å². The number of ether oxygens (including phenoxy) is 2. The zero-order valence-corrected chi connectivity index (χ0v) is 28.3. The third-order valence-corrected chi connectivity index (χ3v) is 8.65. The molecule has 3 aromatic carbocycles. The van der Waals surface area contributed by atoms with Gasteiger partial charge < -0.3 is 30.7 Å². The molecule has 4 N–H and O–H groups in total. The van der Waals surface area contributed by atoms with Crippen LogP contribution in [0.3, 0.4) is 0 Å². The summed E-state index contributed by atoms with van der Waals surface area (Å²) in [5.41, 5.74) is 2.88. The summed E-state index contributed by atoms with van der Waals surface area (Å²) in [5.74, 6) is 0.141. The van der Waals surface area contributed by atoms with Crippen LogP contribution in [0.5, 0.6) is 11.5 Å². The van der Waals surface area contributed by atoms with Crippen molar-refractivity contribution in [2.24, 2.45) is 5.92 Å². The van der Waals surface area contributed by atoms with E-state index in [0.717, 1.165) is 22.4 Å². The molecule has 0 unspecified atom stereocenters. The monoisotopic (exact) mass is 679 g/mol. The molecule has 4 heterocycles.